The van der Waals surface area contributed by atoms with E-state index in [1.54, 1.807) is 22.8 Å². The fourth-order valence-electron chi connectivity index (χ4n) is 1.95. The zero-order valence-electron chi connectivity index (χ0n) is 11.8. The van der Waals surface area contributed by atoms with Crippen molar-refractivity contribution in [3.8, 4) is 0 Å². The van der Waals surface area contributed by atoms with E-state index in [-0.39, 0.29) is 18.1 Å². The van der Waals surface area contributed by atoms with Crippen molar-refractivity contribution in [3.63, 3.8) is 0 Å². The summed E-state index contributed by atoms with van der Waals surface area (Å²) in [5, 5.41) is 6.46. The average molecular weight is 294 g/mol. The lowest BCUT2D eigenvalue weighted by atomic mass is 10.3. The summed E-state index contributed by atoms with van der Waals surface area (Å²) in [7, 11) is 3.58. The van der Waals surface area contributed by atoms with Gasteiger partial charge in [0.2, 0.25) is 5.91 Å². The molecule has 1 aromatic heterocycles. The lowest BCUT2D eigenvalue weighted by molar-refractivity contribution is -0.117. The Morgan fingerprint density at radius 1 is 1.43 bits per heavy atom. The summed E-state index contributed by atoms with van der Waals surface area (Å²) in [5.74, 6) is -1.84. The first kappa shape index (κ1) is 15.1. The van der Waals surface area contributed by atoms with Crippen LogP contribution in [-0.2, 0) is 18.4 Å². The maximum absolute atomic E-state index is 13.4. The van der Waals surface area contributed by atoms with Gasteiger partial charge in [0.25, 0.3) is 0 Å². The summed E-state index contributed by atoms with van der Waals surface area (Å²) in [6, 6.07) is 3.02. The van der Waals surface area contributed by atoms with Crippen LogP contribution in [0.2, 0.25) is 0 Å². The van der Waals surface area contributed by atoms with Gasteiger partial charge in [0, 0.05) is 31.4 Å². The summed E-state index contributed by atoms with van der Waals surface area (Å²) in [4.78, 5) is 13.6. The Morgan fingerprint density at radius 2 is 2.19 bits per heavy atom. The maximum atomic E-state index is 13.4. The minimum Gasteiger partial charge on any atom is -0.322 e. The van der Waals surface area contributed by atoms with Crippen molar-refractivity contribution in [3.05, 3.63) is 47.8 Å². The number of nitrogens with one attached hydrogen (secondary N) is 1. The molecule has 7 heteroatoms. The van der Waals surface area contributed by atoms with Crippen LogP contribution in [0.15, 0.2) is 30.6 Å². The number of aryl methyl sites for hydroxylation is 1. The molecule has 1 heterocycles. The number of amides is 1. The molecule has 0 bridgehead atoms. The molecule has 1 amide bonds. The van der Waals surface area contributed by atoms with E-state index in [1.807, 2.05) is 13.2 Å². The van der Waals surface area contributed by atoms with Gasteiger partial charge in [-0.1, -0.05) is 0 Å². The van der Waals surface area contributed by atoms with Crippen molar-refractivity contribution in [2.45, 2.75) is 6.54 Å². The number of carbonyl (C=O) groups is 1. The van der Waals surface area contributed by atoms with E-state index in [1.165, 1.54) is 6.07 Å². The van der Waals surface area contributed by atoms with Crippen LogP contribution in [0.3, 0.4) is 0 Å². The molecule has 1 N–H and O–H groups in total. The fourth-order valence-corrected chi connectivity index (χ4v) is 1.95. The third-order valence-electron chi connectivity index (χ3n) is 2.83. The molecule has 112 valence electrons. The molecule has 0 radical (unpaired) electrons. The molecule has 0 aliphatic rings. The standard InChI is InChI=1S/C14H16F2N4O/c1-19(7-10-6-17-20(2)8-10)9-14(21)18-13-4-3-11(15)5-12(13)16/h3-6,8H,7,9H2,1-2H3,(H,18,21). The van der Waals surface area contributed by atoms with Crippen LogP contribution < -0.4 is 5.32 Å². The van der Waals surface area contributed by atoms with Gasteiger partial charge in [0.15, 0.2) is 0 Å². The molecule has 0 saturated heterocycles. The van der Waals surface area contributed by atoms with E-state index >= 15 is 0 Å². The number of hydrogen-bond acceptors (Lipinski definition) is 3. The van der Waals surface area contributed by atoms with Crippen LogP contribution in [0.4, 0.5) is 14.5 Å². The summed E-state index contributed by atoms with van der Waals surface area (Å²) < 4.78 is 27.9. The largest absolute Gasteiger partial charge is 0.322 e. The monoisotopic (exact) mass is 294 g/mol. The van der Waals surface area contributed by atoms with E-state index < -0.39 is 11.6 Å². The van der Waals surface area contributed by atoms with Gasteiger partial charge in [-0.2, -0.15) is 5.10 Å². The molecule has 0 unspecified atom stereocenters. The first-order valence-electron chi connectivity index (χ1n) is 6.35. The number of carbonyl (C=O) groups excluding carboxylic acids is 1. The number of benzene rings is 1. The van der Waals surface area contributed by atoms with Crippen LogP contribution in [0, 0.1) is 11.6 Å². The Hall–Kier alpha value is -2.28. The van der Waals surface area contributed by atoms with Crippen LogP contribution in [0.25, 0.3) is 0 Å². The highest BCUT2D eigenvalue weighted by Gasteiger charge is 2.11. The van der Waals surface area contributed by atoms with E-state index in [2.05, 4.69) is 10.4 Å². The Morgan fingerprint density at radius 3 is 2.81 bits per heavy atom. The molecule has 2 rings (SSSR count). The highest BCUT2D eigenvalue weighted by Crippen LogP contribution is 2.14. The normalized spacial score (nSPS) is 10.9. The molecule has 0 fully saturated rings. The number of likely N-dealkylation sites (N-methyl/N-ethyl adjacent to an activating group) is 1. The van der Waals surface area contributed by atoms with Gasteiger partial charge in [-0.15, -0.1) is 0 Å². The minimum absolute atomic E-state index is 0.0313. The Bertz CT molecular complexity index is 642. The average Bonchev–Trinajstić information content (AvgIpc) is 2.78. The van der Waals surface area contributed by atoms with Crippen LogP contribution >= 0.6 is 0 Å². The van der Waals surface area contributed by atoms with Crippen LogP contribution in [0.5, 0.6) is 0 Å². The summed E-state index contributed by atoms with van der Waals surface area (Å²) in [6.45, 7) is 0.638. The number of aromatic nitrogens is 2. The van der Waals surface area contributed by atoms with Crippen molar-refractivity contribution in [1.82, 2.24) is 14.7 Å². The quantitative estimate of drug-likeness (QED) is 0.914. The van der Waals surface area contributed by atoms with Crippen LogP contribution in [0.1, 0.15) is 5.56 Å². The smallest absolute Gasteiger partial charge is 0.238 e. The SMILES string of the molecule is CN(CC(=O)Nc1ccc(F)cc1F)Cc1cnn(C)c1. The molecular weight excluding hydrogens is 278 g/mol. The number of nitrogens with zero attached hydrogens (tertiary/aromatic N) is 3. The zero-order valence-corrected chi connectivity index (χ0v) is 11.8. The predicted molar refractivity (Wildman–Crippen MR) is 74.5 cm³/mol. The third kappa shape index (κ3) is 4.35. The van der Waals surface area contributed by atoms with Crippen molar-refractivity contribution in [2.75, 3.05) is 18.9 Å². The topological polar surface area (TPSA) is 50.2 Å². The van der Waals surface area contributed by atoms with Gasteiger partial charge < -0.3 is 5.32 Å². The van der Waals surface area contributed by atoms with Crippen molar-refractivity contribution < 1.29 is 13.6 Å². The number of hydrogen-bond donors (Lipinski definition) is 1. The molecule has 21 heavy (non-hydrogen) atoms. The fraction of sp³-hybridized carbons (Fsp3) is 0.286. The molecule has 5 nitrogen and oxygen atoms in total. The molecule has 0 saturated carbocycles. The van der Waals surface area contributed by atoms with E-state index in [9.17, 15) is 13.6 Å². The molecule has 2 aromatic rings. The zero-order chi connectivity index (χ0) is 15.4. The Kier molecular flexibility index (Phi) is 4.64. The highest BCUT2D eigenvalue weighted by atomic mass is 19.1. The van der Waals surface area contributed by atoms with Gasteiger partial charge >= 0.3 is 0 Å². The van der Waals surface area contributed by atoms with Crippen molar-refractivity contribution in [2.24, 2.45) is 7.05 Å². The summed E-state index contributed by atoms with van der Waals surface area (Å²) >= 11 is 0. The summed E-state index contributed by atoms with van der Waals surface area (Å²) in [6.07, 6.45) is 3.57. The van der Waals surface area contributed by atoms with Gasteiger partial charge in [-0.25, -0.2) is 8.78 Å². The first-order chi connectivity index (χ1) is 9.94. The minimum atomic E-state index is -0.793. The predicted octanol–water partition coefficient (Wildman–Crippen LogP) is 1.77. The first-order valence-corrected chi connectivity index (χ1v) is 6.35. The second-order valence-electron chi connectivity index (χ2n) is 4.87. The van der Waals surface area contributed by atoms with Gasteiger partial charge in [0.05, 0.1) is 18.4 Å². The number of rotatable bonds is 5. The number of anilines is 1. The van der Waals surface area contributed by atoms with Crippen LogP contribution in [-0.4, -0.2) is 34.2 Å². The maximum Gasteiger partial charge on any atom is 0.238 e. The van der Waals surface area contributed by atoms with Gasteiger partial charge in [-0.3, -0.25) is 14.4 Å². The molecular formula is C14H16F2N4O. The third-order valence-corrected chi connectivity index (χ3v) is 2.83. The van der Waals surface area contributed by atoms with Gasteiger partial charge in [0.1, 0.15) is 11.6 Å². The molecule has 0 atom stereocenters. The lowest BCUT2D eigenvalue weighted by Gasteiger charge is -2.15. The highest BCUT2D eigenvalue weighted by molar-refractivity contribution is 5.92. The van der Waals surface area contributed by atoms with E-state index in [0.717, 1.165) is 17.7 Å². The molecule has 0 aliphatic heterocycles. The molecule has 0 aliphatic carbocycles. The molecule has 0 spiro atoms. The number of halogens is 2. The second kappa shape index (κ2) is 6.45. The second-order valence-corrected chi connectivity index (χ2v) is 4.87. The van der Waals surface area contributed by atoms with Gasteiger partial charge in [-0.05, 0) is 19.2 Å². The van der Waals surface area contributed by atoms with Crippen molar-refractivity contribution >= 4 is 11.6 Å². The lowest BCUT2D eigenvalue weighted by Crippen LogP contribution is -2.30. The van der Waals surface area contributed by atoms with E-state index in [4.69, 9.17) is 0 Å². The molecule has 1 aromatic carbocycles. The Labute approximate surface area is 121 Å². The van der Waals surface area contributed by atoms with E-state index in [0.29, 0.717) is 6.54 Å². The summed E-state index contributed by atoms with van der Waals surface area (Å²) in [5.41, 5.74) is 0.942. The Balaban J connectivity index is 1.89. The van der Waals surface area contributed by atoms with Crippen molar-refractivity contribution in [1.29, 1.82) is 0 Å².